The molecule has 0 unspecified atom stereocenters. The summed E-state index contributed by atoms with van der Waals surface area (Å²) in [4.78, 5) is 23.3. The van der Waals surface area contributed by atoms with Crippen LogP contribution in [0.1, 0.15) is 36.0 Å². The minimum Gasteiger partial charge on any atom is -0.507 e. The van der Waals surface area contributed by atoms with Crippen LogP contribution in [0.4, 0.5) is 0 Å². The smallest absolute Gasteiger partial charge is 0.342 e. The third kappa shape index (κ3) is 2.64. The number of phenolic OH excluding ortho intramolecular Hbond substituents is 1. The number of hydrogen-bond donors (Lipinski definition) is 1. The summed E-state index contributed by atoms with van der Waals surface area (Å²) < 4.78 is 5.12. The minimum absolute atomic E-state index is 0.0278. The Morgan fingerprint density at radius 1 is 1.29 bits per heavy atom. The zero-order chi connectivity index (χ0) is 12.3. The second-order valence-corrected chi connectivity index (χ2v) is 4.12. The molecule has 0 radical (unpaired) electrons. The number of aromatic hydroxyl groups is 1. The number of phenols is 1. The van der Waals surface area contributed by atoms with Crippen molar-refractivity contribution in [3.05, 3.63) is 29.8 Å². The van der Waals surface area contributed by atoms with Gasteiger partial charge in [-0.05, 0) is 31.4 Å². The Morgan fingerprint density at radius 3 is 2.76 bits per heavy atom. The number of ketones is 1. The lowest BCUT2D eigenvalue weighted by Gasteiger charge is -2.20. The quantitative estimate of drug-likeness (QED) is 0.795. The molecular weight excluding hydrogens is 220 g/mol. The van der Waals surface area contributed by atoms with Crippen molar-refractivity contribution in [2.75, 3.05) is 0 Å². The van der Waals surface area contributed by atoms with Gasteiger partial charge < -0.3 is 9.84 Å². The standard InChI is InChI=1S/C13H14O4/c14-10-6-2-1-5-9(10)13(16)17-12-8-4-3-7-11(12)15/h1-2,5-6,12,14H,3-4,7-8H2/t12-/m1/s1. The van der Waals surface area contributed by atoms with E-state index in [4.69, 9.17) is 4.74 Å². The highest BCUT2D eigenvalue weighted by Gasteiger charge is 2.26. The highest BCUT2D eigenvalue weighted by molar-refractivity contribution is 5.95. The van der Waals surface area contributed by atoms with Gasteiger partial charge in [-0.2, -0.15) is 0 Å². The SMILES string of the molecule is O=C(O[C@@H]1CCCCC1=O)c1ccccc1O. The molecule has 17 heavy (non-hydrogen) atoms. The highest BCUT2D eigenvalue weighted by Crippen LogP contribution is 2.21. The fraction of sp³-hybridized carbons (Fsp3) is 0.385. The van der Waals surface area contributed by atoms with Crippen LogP contribution in [-0.2, 0) is 9.53 Å². The molecule has 1 aliphatic carbocycles. The average Bonchev–Trinajstić information content (AvgIpc) is 2.32. The van der Waals surface area contributed by atoms with Gasteiger partial charge in [-0.1, -0.05) is 12.1 Å². The van der Waals surface area contributed by atoms with Gasteiger partial charge in [-0.25, -0.2) is 4.79 Å². The van der Waals surface area contributed by atoms with E-state index in [9.17, 15) is 14.7 Å². The number of esters is 1. The third-order valence-corrected chi connectivity index (χ3v) is 2.87. The number of carbonyl (C=O) groups is 2. The Morgan fingerprint density at radius 2 is 2.06 bits per heavy atom. The second kappa shape index (κ2) is 4.99. The molecule has 1 N–H and O–H groups in total. The van der Waals surface area contributed by atoms with Gasteiger partial charge in [0.15, 0.2) is 11.9 Å². The third-order valence-electron chi connectivity index (χ3n) is 2.87. The zero-order valence-electron chi connectivity index (χ0n) is 9.39. The van der Waals surface area contributed by atoms with Gasteiger partial charge in [-0.3, -0.25) is 4.79 Å². The van der Waals surface area contributed by atoms with Gasteiger partial charge in [0, 0.05) is 6.42 Å². The van der Waals surface area contributed by atoms with Crippen LogP contribution in [-0.4, -0.2) is 23.0 Å². The summed E-state index contributed by atoms with van der Waals surface area (Å²) in [6.07, 6.45) is 2.17. The fourth-order valence-corrected chi connectivity index (χ4v) is 1.91. The maximum absolute atomic E-state index is 11.7. The normalized spacial score (nSPS) is 20.0. The molecule has 0 spiro atoms. The van der Waals surface area contributed by atoms with E-state index in [0.29, 0.717) is 12.8 Å². The predicted octanol–water partition coefficient (Wildman–Crippen LogP) is 2.06. The first kappa shape index (κ1) is 11.6. The summed E-state index contributed by atoms with van der Waals surface area (Å²) in [5.41, 5.74) is 0.103. The van der Waals surface area contributed by atoms with Crippen LogP contribution in [0.2, 0.25) is 0 Å². The Balaban J connectivity index is 2.06. The molecule has 1 aromatic carbocycles. The molecule has 0 bridgehead atoms. The molecule has 4 heteroatoms. The van der Waals surface area contributed by atoms with Crippen molar-refractivity contribution in [1.82, 2.24) is 0 Å². The number of hydrogen-bond acceptors (Lipinski definition) is 4. The van der Waals surface area contributed by atoms with Crippen molar-refractivity contribution < 1.29 is 19.4 Å². The van der Waals surface area contributed by atoms with Gasteiger partial charge in [0.25, 0.3) is 0 Å². The van der Waals surface area contributed by atoms with E-state index in [0.717, 1.165) is 12.8 Å². The molecule has 1 fully saturated rings. The fourth-order valence-electron chi connectivity index (χ4n) is 1.91. The number of carbonyl (C=O) groups excluding carboxylic acids is 2. The van der Waals surface area contributed by atoms with E-state index in [1.165, 1.54) is 12.1 Å². The van der Waals surface area contributed by atoms with Crippen molar-refractivity contribution in [2.24, 2.45) is 0 Å². The van der Waals surface area contributed by atoms with Crippen LogP contribution in [0.3, 0.4) is 0 Å². The lowest BCUT2D eigenvalue weighted by atomic mass is 9.96. The summed E-state index contributed by atoms with van der Waals surface area (Å²) in [5.74, 6) is -0.788. The topological polar surface area (TPSA) is 63.6 Å². The first-order valence-corrected chi connectivity index (χ1v) is 5.70. The molecule has 1 saturated carbocycles. The van der Waals surface area contributed by atoms with Crippen LogP contribution >= 0.6 is 0 Å². The van der Waals surface area contributed by atoms with Crippen LogP contribution in [0.25, 0.3) is 0 Å². The van der Waals surface area contributed by atoms with Crippen molar-refractivity contribution in [1.29, 1.82) is 0 Å². The molecule has 0 aromatic heterocycles. The Kier molecular flexibility index (Phi) is 3.42. The molecule has 1 atom stereocenters. The first-order valence-electron chi connectivity index (χ1n) is 5.70. The summed E-state index contributed by atoms with van der Waals surface area (Å²) in [6, 6.07) is 6.15. The van der Waals surface area contributed by atoms with Gasteiger partial charge >= 0.3 is 5.97 Å². The molecule has 4 nitrogen and oxygen atoms in total. The Labute approximate surface area is 99.2 Å². The lowest BCUT2D eigenvalue weighted by Crippen LogP contribution is -2.30. The Hall–Kier alpha value is -1.84. The van der Waals surface area contributed by atoms with Crippen LogP contribution in [0.15, 0.2) is 24.3 Å². The Bertz CT molecular complexity index is 439. The highest BCUT2D eigenvalue weighted by atomic mass is 16.5. The molecule has 0 saturated heterocycles. The van der Waals surface area contributed by atoms with Crippen molar-refractivity contribution >= 4 is 11.8 Å². The predicted molar refractivity (Wildman–Crippen MR) is 60.8 cm³/mol. The van der Waals surface area contributed by atoms with E-state index in [1.54, 1.807) is 12.1 Å². The van der Waals surface area contributed by atoms with E-state index in [-0.39, 0.29) is 17.1 Å². The van der Waals surface area contributed by atoms with Crippen molar-refractivity contribution in [2.45, 2.75) is 31.8 Å². The second-order valence-electron chi connectivity index (χ2n) is 4.12. The number of rotatable bonds is 2. The summed E-state index contributed by atoms with van der Waals surface area (Å²) in [5, 5.41) is 9.49. The van der Waals surface area contributed by atoms with Gasteiger partial charge in [0.2, 0.25) is 0 Å². The number of benzene rings is 1. The van der Waals surface area contributed by atoms with E-state index < -0.39 is 12.1 Å². The van der Waals surface area contributed by atoms with Crippen molar-refractivity contribution in [3.63, 3.8) is 0 Å². The molecule has 0 aliphatic heterocycles. The average molecular weight is 234 g/mol. The maximum Gasteiger partial charge on any atom is 0.342 e. The molecular formula is C13H14O4. The summed E-state index contributed by atoms with van der Waals surface area (Å²) in [7, 11) is 0. The van der Waals surface area contributed by atoms with Gasteiger partial charge in [0.05, 0.1) is 0 Å². The minimum atomic E-state index is -0.643. The van der Waals surface area contributed by atoms with Crippen LogP contribution in [0, 0.1) is 0 Å². The lowest BCUT2D eigenvalue weighted by molar-refractivity contribution is -0.129. The largest absolute Gasteiger partial charge is 0.507 e. The first-order chi connectivity index (χ1) is 8.18. The van der Waals surface area contributed by atoms with Crippen LogP contribution < -0.4 is 0 Å². The molecule has 90 valence electrons. The summed E-state index contributed by atoms with van der Waals surface area (Å²) >= 11 is 0. The van der Waals surface area contributed by atoms with Crippen LogP contribution in [0.5, 0.6) is 5.75 Å². The van der Waals surface area contributed by atoms with Gasteiger partial charge in [0.1, 0.15) is 11.3 Å². The van der Waals surface area contributed by atoms with E-state index in [2.05, 4.69) is 0 Å². The summed E-state index contributed by atoms with van der Waals surface area (Å²) in [6.45, 7) is 0. The molecule has 0 amide bonds. The number of Topliss-reactive ketones (excluding diaryl/α,β-unsaturated/α-hetero) is 1. The molecule has 0 heterocycles. The molecule has 1 aromatic rings. The van der Waals surface area contributed by atoms with Crippen molar-refractivity contribution in [3.8, 4) is 5.75 Å². The van der Waals surface area contributed by atoms with E-state index >= 15 is 0 Å². The van der Waals surface area contributed by atoms with Gasteiger partial charge in [-0.15, -0.1) is 0 Å². The molecule has 1 aliphatic rings. The number of para-hydroxylation sites is 1. The molecule has 2 rings (SSSR count). The van der Waals surface area contributed by atoms with E-state index in [1.807, 2.05) is 0 Å². The maximum atomic E-state index is 11.7. The monoisotopic (exact) mass is 234 g/mol. The number of ether oxygens (including phenoxy) is 1. The zero-order valence-corrected chi connectivity index (χ0v) is 9.39.